The second kappa shape index (κ2) is 6.56. The van der Waals surface area contributed by atoms with Crippen LogP contribution in [0.4, 0.5) is 22.0 Å². The summed E-state index contributed by atoms with van der Waals surface area (Å²) < 4.78 is 69.2. The normalized spacial score (nSPS) is 16.7. The minimum Gasteiger partial charge on any atom is -0.479 e. The summed E-state index contributed by atoms with van der Waals surface area (Å²) in [6.07, 6.45) is -5.13. The van der Waals surface area contributed by atoms with Crippen LogP contribution in [0.2, 0.25) is 0 Å². The minimum absolute atomic E-state index is 0.135. The third kappa shape index (κ3) is 3.77. The van der Waals surface area contributed by atoms with Crippen molar-refractivity contribution in [2.45, 2.75) is 11.8 Å². The highest BCUT2D eigenvalue weighted by molar-refractivity contribution is 5.75. The van der Waals surface area contributed by atoms with Crippen LogP contribution in [-0.2, 0) is 15.2 Å². The van der Waals surface area contributed by atoms with Gasteiger partial charge >= 0.3 is 12.1 Å². The number of carbonyl (C=O) groups excluding carboxylic acids is 1. The van der Waals surface area contributed by atoms with E-state index in [9.17, 15) is 26.7 Å². The molecule has 0 N–H and O–H groups in total. The van der Waals surface area contributed by atoms with Gasteiger partial charge in [0.25, 0.3) is 0 Å². The Hall–Kier alpha value is -2.68. The van der Waals surface area contributed by atoms with Crippen LogP contribution in [0.25, 0.3) is 0 Å². The summed E-state index contributed by atoms with van der Waals surface area (Å²) in [4.78, 5) is 15.2. The number of hydrogen-bond donors (Lipinski definition) is 0. The molecule has 1 heterocycles. The third-order valence-corrected chi connectivity index (χ3v) is 3.79. The fraction of sp³-hybridized carbons (Fsp3) is 0.235. The Morgan fingerprint density at radius 3 is 2.23 bits per heavy atom. The van der Waals surface area contributed by atoms with Crippen LogP contribution in [0.1, 0.15) is 5.56 Å². The Kier molecular flexibility index (Phi) is 4.57. The van der Waals surface area contributed by atoms with Crippen molar-refractivity contribution in [1.82, 2.24) is 5.06 Å². The Bertz CT molecular complexity index is 801. The summed E-state index contributed by atoms with van der Waals surface area (Å²) in [6, 6.07) is 10.3. The maximum atomic E-state index is 13.4. The highest BCUT2D eigenvalue weighted by Gasteiger charge is 2.52. The number of hydroxylamine groups is 2. The van der Waals surface area contributed by atoms with E-state index in [0.717, 1.165) is 23.3 Å². The van der Waals surface area contributed by atoms with Crippen LogP contribution in [0.5, 0.6) is 5.75 Å². The SMILES string of the molecule is O=C(ON1CC(Oc2cccc(F)c2)(c2ccc(F)cc2)C1)C(F)(F)F. The average molecular weight is 373 g/mol. The molecule has 0 atom stereocenters. The van der Waals surface area contributed by atoms with Gasteiger partial charge in [-0.15, -0.1) is 5.06 Å². The second-order valence-corrected chi connectivity index (χ2v) is 5.74. The van der Waals surface area contributed by atoms with Crippen molar-refractivity contribution >= 4 is 5.97 Å². The van der Waals surface area contributed by atoms with Gasteiger partial charge in [-0.1, -0.05) is 18.2 Å². The molecule has 0 spiro atoms. The first-order valence-corrected chi connectivity index (χ1v) is 7.43. The lowest BCUT2D eigenvalue weighted by atomic mass is 9.87. The largest absolute Gasteiger partial charge is 0.492 e. The van der Waals surface area contributed by atoms with E-state index in [1.807, 2.05) is 0 Å². The number of benzene rings is 2. The van der Waals surface area contributed by atoms with Gasteiger partial charge in [-0.05, 0) is 29.8 Å². The summed E-state index contributed by atoms with van der Waals surface area (Å²) in [5, 5.41) is 0.776. The van der Waals surface area contributed by atoms with E-state index >= 15 is 0 Å². The number of halogens is 5. The minimum atomic E-state index is -5.13. The van der Waals surface area contributed by atoms with Gasteiger partial charge in [-0.25, -0.2) is 13.6 Å². The lowest BCUT2D eigenvalue weighted by molar-refractivity contribution is -0.282. The molecule has 0 saturated carbocycles. The standard InChI is InChI=1S/C17H12F5NO3/c18-12-6-4-11(5-7-12)16(25-14-3-1-2-13(19)8-14)9-23(10-16)26-15(24)17(20,21)22/h1-8H,9-10H2. The number of nitrogens with zero attached hydrogens (tertiary/aromatic N) is 1. The monoisotopic (exact) mass is 373 g/mol. The van der Waals surface area contributed by atoms with Crippen molar-refractivity contribution in [1.29, 1.82) is 0 Å². The summed E-state index contributed by atoms with van der Waals surface area (Å²) in [7, 11) is 0. The Balaban J connectivity index is 1.81. The predicted octanol–water partition coefficient (Wildman–Crippen LogP) is 3.58. The molecule has 1 saturated heterocycles. The molecule has 3 rings (SSSR count). The lowest BCUT2D eigenvalue weighted by Crippen LogP contribution is -2.63. The Labute approximate surface area is 144 Å². The molecule has 138 valence electrons. The lowest BCUT2D eigenvalue weighted by Gasteiger charge is -2.48. The van der Waals surface area contributed by atoms with Crippen molar-refractivity contribution < 1.29 is 36.3 Å². The smallest absolute Gasteiger partial charge is 0.479 e. The molecule has 9 heteroatoms. The summed E-state index contributed by atoms with van der Waals surface area (Å²) in [6.45, 7) is -0.478. The quantitative estimate of drug-likeness (QED) is 0.768. The maximum Gasteiger partial charge on any atom is 0.492 e. The number of carbonyl (C=O) groups is 1. The average Bonchev–Trinajstić information content (AvgIpc) is 2.52. The van der Waals surface area contributed by atoms with Gasteiger partial charge in [0.05, 0.1) is 13.1 Å². The van der Waals surface area contributed by atoms with Crippen LogP contribution < -0.4 is 4.74 Å². The molecule has 0 amide bonds. The van der Waals surface area contributed by atoms with E-state index in [-0.39, 0.29) is 18.8 Å². The van der Waals surface area contributed by atoms with Gasteiger partial charge < -0.3 is 9.57 Å². The van der Waals surface area contributed by atoms with Crippen molar-refractivity contribution in [2.24, 2.45) is 0 Å². The van der Waals surface area contributed by atoms with Crippen molar-refractivity contribution in [2.75, 3.05) is 13.1 Å². The van der Waals surface area contributed by atoms with E-state index in [2.05, 4.69) is 4.84 Å². The van der Waals surface area contributed by atoms with Gasteiger partial charge in [0.1, 0.15) is 17.4 Å². The van der Waals surface area contributed by atoms with Crippen molar-refractivity contribution in [3.63, 3.8) is 0 Å². The molecular weight excluding hydrogens is 361 g/mol. The van der Waals surface area contributed by atoms with Crippen LogP contribution in [0, 0.1) is 11.6 Å². The fourth-order valence-corrected chi connectivity index (χ4v) is 2.57. The van der Waals surface area contributed by atoms with Gasteiger partial charge in [0.2, 0.25) is 0 Å². The molecule has 0 radical (unpaired) electrons. The third-order valence-electron chi connectivity index (χ3n) is 3.79. The topological polar surface area (TPSA) is 38.8 Å². The van der Waals surface area contributed by atoms with E-state index in [4.69, 9.17) is 4.74 Å². The molecule has 1 aliphatic heterocycles. The molecule has 1 fully saturated rings. The Morgan fingerprint density at radius 1 is 1.00 bits per heavy atom. The van der Waals surface area contributed by atoms with Crippen LogP contribution >= 0.6 is 0 Å². The van der Waals surface area contributed by atoms with Crippen molar-refractivity contribution in [3.8, 4) is 5.75 Å². The number of ether oxygens (including phenoxy) is 1. The second-order valence-electron chi connectivity index (χ2n) is 5.74. The number of alkyl halides is 3. The Morgan fingerprint density at radius 2 is 1.65 bits per heavy atom. The van der Waals surface area contributed by atoms with E-state index in [1.165, 1.54) is 30.3 Å². The van der Waals surface area contributed by atoms with Gasteiger partial charge in [0, 0.05) is 6.07 Å². The number of rotatable bonds is 4. The zero-order valence-electron chi connectivity index (χ0n) is 13.1. The van der Waals surface area contributed by atoms with Crippen LogP contribution in [0.3, 0.4) is 0 Å². The fourth-order valence-electron chi connectivity index (χ4n) is 2.57. The predicted molar refractivity (Wildman–Crippen MR) is 78.8 cm³/mol. The highest BCUT2D eigenvalue weighted by atomic mass is 19.4. The first-order chi connectivity index (χ1) is 12.2. The molecule has 4 nitrogen and oxygen atoms in total. The molecule has 0 aliphatic carbocycles. The van der Waals surface area contributed by atoms with Gasteiger partial charge in [-0.3, -0.25) is 0 Å². The molecule has 0 bridgehead atoms. The molecular formula is C17H12F5NO3. The van der Waals surface area contributed by atoms with Crippen molar-refractivity contribution in [3.05, 3.63) is 65.7 Å². The maximum absolute atomic E-state index is 13.4. The van der Waals surface area contributed by atoms with E-state index < -0.39 is 29.4 Å². The summed E-state index contributed by atoms with van der Waals surface area (Å²) >= 11 is 0. The van der Waals surface area contributed by atoms with Gasteiger partial charge in [-0.2, -0.15) is 13.2 Å². The summed E-state index contributed by atoms with van der Waals surface area (Å²) in [5.41, 5.74) is -0.768. The number of hydrogen-bond acceptors (Lipinski definition) is 4. The zero-order chi connectivity index (χ0) is 18.9. The molecule has 2 aromatic carbocycles. The molecule has 2 aromatic rings. The molecule has 0 aromatic heterocycles. The van der Waals surface area contributed by atoms with Gasteiger partial charge in [0.15, 0.2) is 5.60 Å². The molecule has 1 aliphatic rings. The van der Waals surface area contributed by atoms with E-state index in [1.54, 1.807) is 0 Å². The molecule has 0 unspecified atom stereocenters. The van der Waals surface area contributed by atoms with Crippen LogP contribution in [-0.4, -0.2) is 30.3 Å². The first-order valence-electron chi connectivity index (χ1n) is 7.43. The zero-order valence-corrected chi connectivity index (χ0v) is 13.1. The first kappa shape index (κ1) is 18.1. The van der Waals surface area contributed by atoms with Crippen LogP contribution in [0.15, 0.2) is 48.5 Å². The molecule has 26 heavy (non-hydrogen) atoms. The highest BCUT2D eigenvalue weighted by Crippen LogP contribution is 2.38. The van der Waals surface area contributed by atoms with E-state index in [0.29, 0.717) is 5.56 Å². The summed E-state index contributed by atoms with van der Waals surface area (Å²) in [5.74, 6) is -3.28.